The van der Waals surface area contributed by atoms with E-state index >= 15 is 0 Å². The van der Waals surface area contributed by atoms with Crippen molar-refractivity contribution in [2.75, 3.05) is 0 Å². The Balaban J connectivity index is 1.60. The van der Waals surface area contributed by atoms with Crippen molar-refractivity contribution in [2.24, 2.45) is 0 Å². The molecule has 4 heterocycles. The van der Waals surface area contributed by atoms with Gasteiger partial charge >= 0.3 is 0 Å². The zero-order valence-electron chi connectivity index (χ0n) is 17.2. The van der Waals surface area contributed by atoms with E-state index in [-0.39, 0.29) is 16.2 Å². The van der Waals surface area contributed by atoms with Crippen LogP contribution in [-0.4, -0.2) is 43.7 Å². The quantitative estimate of drug-likeness (QED) is 0.516. The molecule has 0 saturated carbocycles. The van der Waals surface area contributed by atoms with E-state index in [1.54, 1.807) is 39.0 Å². The first-order valence-corrected chi connectivity index (χ1v) is 11.0. The van der Waals surface area contributed by atoms with Crippen molar-refractivity contribution in [2.45, 2.75) is 56.7 Å². The van der Waals surface area contributed by atoms with Crippen molar-refractivity contribution in [3.63, 3.8) is 0 Å². The van der Waals surface area contributed by atoms with Crippen LogP contribution in [0.2, 0.25) is 15.2 Å². The molecule has 0 aliphatic carbocycles. The molecule has 2 aliphatic rings. The molecule has 2 fully saturated rings. The second-order valence-corrected chi connectivity index (χ2v) is 9.71. The molecule has 7 nitrogen and oxygen atoms in total. The number of fused-ring (bicyclic) bond motifs is 2. The summed E-state index contributed by atoms with van der Waals surface area (Å²) in [5.74, 6) is -1.54. The van der Waals surface area contributed by atoms with Crippen molar-refractivity contribution in [1.29, 1.82) is 0 Å². The van der Waals surface area contributed by atoms with Gasteiger partial charge < -0.3 is 23.9 Å². The van der Waals surface area contributed by atoms with Crippen molar-refractivity contribution in [1.82, 2.24) is 14.5 Å². The molecule has 2 aromatic heterocycles. The topological polar surface area (TPSA) is 78.6 Å². The number of nitrogens with zero attached hydrogens (tertiary/aromatic N) is 3. The monoisotopic (exact) mass is 501 g/mol. The Morgan fingerprint density at radius 2 is 1.84 bits per heavy atom. The van der Waals surface area contributed by atoms with E-state index in [0.29, 0.717) is 15.6 Å². The van der Waals surface area contributed by atoms with Crippen molar-refractivity contribution in [3.05, 3.63) is 57.3 Å². The molecule has 5 atom stereocenters. The van der Waals surface area contributed by atoms with Crippen LogP contribution in [-0.2, 0) is 19.8 Å². The van der Waals surface area contributed by atoms with Crippen LogP contribution in [0.4, 0.5) is 4.39 Å². The Kier molecular flexibility index (Phi) is 5.22. The molecule has 0 spiro atoms. The molecule has 32 heavy (non-hydrogen) atoms. The minimum Gasteiger partial charge on any atom is -0.383 e. The smallest absolute Gasteiger partial charge is 0.165 e. The largest absolute Gasteiger partial charge is 0.383 e. The molecule has 0 unspecified atom stereocenters. The first-order chi connectivity index (χ1) is 15.0. The van der Waals surface area contributed by atoms with Crippen LogP contribution < -0.4 is 0 Å². The summed E-state index contributed by atoms with van der Waals surface area (Å²) in [6.07, 6.45) is -0.580. The highest BCUT2D eigenvalue weighted by molar-refractivity contribution is 6.42. The van der Waals surface area contributed by atoms with E-state index in [1.807, 2.05) is 0 Å². The van der Waals surface area contributed by atoms with Gasteiger partial charge in [0.1, 0.15) is 41.0 Å². The predicted octanol–water partition coefficient (Wildman–Crippen LogP) is 4.86. The van der Waals surface area contributed by atoms with Gasteiger partial charge in [0.25, 0.3) is 0 Å². The van der Waals surface area contributed by atoms with Gasteiger partial charge in [0.05, 0.1) is 15.4 Å². The Morgan fingerprint density at radius 3 is 2.56 bits per heavy atom. The summed E-state index contributed by atoms with van der Waals surface area (Å²) < 4.78 is 34.7. The SMILES string of the molecule is CC1(C)O[C@@H]2[C@H](O1)[C@@H]([C@](C)(O)c1ccc(Cl)c(Cl)c1)O[C@H]2n1cc(F)c2c(Cl)ncnc21. The molecular weight excluding hydrogens is 484 g/mol. The summed E-state index contributed by atoms with van der Waals surface area (Å²) in [5, 5.41) is 12.3. The minimum absolute atomic E-state index is 0.0101. The average Bonchev–Trinajstić information content (AvgIpc) is 3.32. The maximum atomic E-state index is 14.7. The Bertz CT molecular complexity index is 1220. The lowest BCUT2D eigenvalue weighted by atomic mass is 9.87. The Hall–Kier alpha value is -1.52. The molecule has 0 amide bonds. The third kappa shape index (κ3) is 3.40. The van der Waals surface area contributed by atoms with Gasteiger partial charge in [0, 0.05) is 6.20 Å². The molecule has 170 valence electrons. The average molecular weight is 503 g/mol. The van der Waals surface area contributed by atoms with Gasteiger partial charge in [-0.05, 0) is 38.5 Å². The molecule has 0 radical (unpaired) electrons. The number of aromatic nitrogens is 3. The van der Waals surface area contributed by atoms with Crippen LogP contribution in [0.25, 0.3) is 11.0 Å². The third-order valence-electron chi connectivity index (χ3n) is 5.88. The van der Waals surface area contributed by atoms with Crippen LogP contribution >= 0.6 is 34.8 Å². The highest BCUT2D eigenvalue weighted by Gasteiger charge is 2.61. The summed E-state index contributed by atoms with van der Waals surface area (Å²) in [4.78, 5) is 8.03. The molecule has 3 aromatic rings. The summed E-state index contributed by atoms with van der Waals surface area (Å²) in [6, 6.07) is 4.84. The fourth-order valence-corrected chi connectivity index (χ4v) is 4.94. The number of halogens is 4. The molecule has 0 bridgehead atoms. The van der Waals surface area contributed by atoms with E-state index in [1.165, 1.54) is 17.1 Å². The van der Waals surface area contributed by atoms with E-state index in [9.17, 15) is 9.50 Å². The summed E-state index contributed by atoms with van der Waals surface area (Å²) in [6.45, 7) is 5.13. The number of ether oxygens (including phenoxy) is 3. The van der Waals surface area contributed by atoms with Gasteiger partial charge in [0.15, 0.2) is 17.8 Å². The summed E-state index contributed by atoms with van der Waals surface area (Å²) in [5.41, 5.74) is -0.808. The van der Waals surface area contributed by atoms with Crippen LogP contribution in [0.15, 0.2) is 30.7 Å². The summed E-state index contributed by atoms with van der Waals surface area (Å²) >= 11 is 18.3. The first kappa shape index (κ1) is 22.3. The molecule has 1 aromatic carbocycles. The van der Waals surface area contributed by atoms with Crippen LogP contribution in [0.5, 0.6) is 0 Å². The standard InChI is InChI=1S/C21H19Cl3FN3O4/c1-20(2)31-14-15(32-20)19(28-7-12(25)13-17(24)26-8-27-18(13)28)30-16(14)21(3,29)9-4-5-10(22)11(23)6-9/h4-8,14-16,19,29H,1-3H3/t14-,15+,16-,19+,21+/m0/s1. The molecule has 2 saturated heterocycles. The second kappa shape index (κ2) is 7.50. The maximum Gasteiger partial charge on any atom is 0.165 e. The van der Waals surface area contributed by atoms with E-state index in [4.69, 9.17) is 49.0 Å². The summed E-state index contributed by atoms with van der Waals surface area (Å²) in [7, 11) is 0. The predicted molar refractivity (Wildman–Crippen MR) is 116 cm³/mol. The normalized spacial score (nSPS) is 28.8. The van der Waals surface area contributed by atoms with Crippen molar-refractivity contribution < 1.29 is 23.7 Å². The van der Waals surface area contributed by atoms with Crippen molar-refractivity contribution >= 4 is 45.8 Å². The number of rotatable bonds is 3. The molecule has 5 rings (SSSR count). The van der Waals surface area contributed by atoms with Gasteiger partial charge in [0.2, 0.25) is 0 Å². The van der Waals surface area contributed by atoms with Gasteiger partial charge in [-0.1, -0.05) is 40.9 Å². The fraction of sp³-hybridized carbons (Fsp3) is 0.429. The van der Waals surface area contributed by atoms with Gasteiger partial charge in [-0.15, -0.1) is 0 Å². The van der Waals surface area contributed by atoms with Gasteiger partial charge in [-0.3, -0.25) is 0 Å². The third-order valence-corrected chi connectivity index (χ3v) is 6.90. The molecule has 1 N–H and O–H groups in total. The number of aliphatic hydroxyl groups is 1. The minimum atomic E-state index is -1.54. The van der Waals surface area contributed by atoms with E-state index < -0.39 is 41.7 Å². The first-order valence-electron chi connectivity index (χ1n) is 9.85. The van der Waals surface area contributed by atoms with Crippen LogP contribution in [0.1, 0.15) is 32.6 Å². The lowest BCUT2D eigenvalue weighted by Crippen LogP contribution is -2.45. The highest BCUT2D eigenvalue weighted by atomic mass is 35.5. The molecular formula is C21H19Cl3FN3O4. The lowest BCUT2D eigenvalue weighted by molar-refractivity contribution is -0.221. The number of hydrogen-bond acceptors (Lipinski definition) is 6. The van der Waals surface area contributed by atoms with E-state index in [2.05, 4.69) is 9.97 Å². The zero-order chi connectivity index (χ0) is 23.0. The van der Waals surface area contributed by atoms with Gasteiger partial charge in [-0.2, -0.15) is 0 Å². The fourth-order valence-electron chi connectivity index (χ4n) is 4.43. The van der Waals surface area contributed by atoms with Crippen LogP contribution in [0.3, 0.4) is 0 Å². The van der Waals surface area contributed by atoms with Crippen molar-refractivity contribution in [3.8, 4) is 0 Å². The Morgan fingerprint density at radius 1 is 1.12 bits per heavy atom. The second-order valence-electron chi connectivity index (χ2n) is 8.54. The molecule has 2 aliphatic heterocycles. The van der Waals surface area contributed by atoms with Gasteiger partial charge in [-0.25, -0.2) is 14.4 Å². The molecule has 11 heteroatoms. The zero-order valence-corrected chi connectivity index (χ0v) is 19.5. The Labute approximate surface area is 198 Å². The van der Waals surface area contributed by atoms with E-state index in [0.717, 1.165) is 0 Å². The highest BCUT2D eigenvalue weighted by Crippen LogP contribution is 2.49. The van der Waals surface area contributed by atoms with Crippen LogP contribution in [0, 0.1) is 5.82 Å². The number of hydrogen-bond donors (Lipinski definition) is 1. The lowest BCUT2D eigenvalue weighted by Gasteiger charge is -2.34. The maximum absolute atomic E-state index is 14.7. The number of benzene rings is 1.